The molecule has 132 valence electrons. The molecule has 3 rings (SSSR count). The highest BCUT2D eigenvalue weighted by Gasteiger charge is 2.31. The Hall–Kier alpha value is -2.61. The largest absolute Gasteiger partial charge is 0.454 e. The van der Waals surface area contributed by atoms with Crippen LogP contribution in [-0.2, 0) is 14.6 Å². The maximum Gasteiger partial charge on any atom is 0.231 e. The number of rotatable bonds is 6. The zero-order chi connectivity index (χ0) is 17.9. The first kappa shape index (κ1) is 17.2. The monoisotopic (exact) mass is 362 g/mol. The summed E-state index contributed by atoms with van der Waals surface area (Å²) in [4.78, 5) is 15.7. The van der Waals surface area contributed by atoms with E-state index < -0.39 is 15.1 Å². The number of carbonyl (C=O) groups is 1. The zero-order valence-electron chi connectivity index (χ0n) is 13.6. The van der Waals surface area contributed by atoms with Gasteiger partial charge in [-0.1, -0.05) is 13.0 Å². The number of fused-ring (bicyclic) bond motifs is 1. The maximum absolute atomic E-state index is 13.2. The van der Waals surface area contributed by atoms with Crippen molar-refractivity contribution in [2.75, 3.05) is 13.3 Å². The molecule has 7 nitrogen and oxygen atoms in total. The number of hydrogen-bond donors (Lipinski definition) is 1. The van der Waals surface area contributed by atoms with Crippen LogP contribution in [0.4, 0.5) is 0 Å². The van der Waals surface area contributed by atoms with Crippen LogP contribution in [0.25, 0.3) is 0 Å². The Morgan fingerprint density at radius 2 is 2.08 bits per heavy atom. The summed E-state index contributed by atoms with van der Waals surface area (Å²) >= 11 is 0. The first-order valence-electron chi connectivity index (χ1n) is 7.82. The molecule has 1 aliphatic heterocycles. The first-order chi connectivity index (χ1) is 12.0. The van der Waals surface area contributed by atoms with Crippen molar-refractivity contribution in [2.45, 2.75) is 23.5 Å². The Balaban J connectivity index is 1.97. The predicted octanol–water partition coefficient (Wildman–Crippen LogP) is 1.85. The molecule has 1 aliphatic rings. The average molecular weight is 362 g/mol. The number of hydrogen-bond acceptors (Lipinski definition) is 6. The summed E-state index contributed by atoms with van der Waals surface area (Å²) in [5.41, 5.74) is 0.511. The Kier molecular flexibility index (Phi) is 4.89. The van der Waals surface area contributed by atoms with Crippen molar-refractivity contribution >= 4 is 15.7 Å². The van der Waals surface area contributed by atoms with E-state index in [0.717, 1.165) is 0 Å². The minimum absolute atomic E-state index is 0.0326. The van der Waals surface area contributed by atoms with Gasteiger partial charge < -0.3 is 14.8 Å². The Labute approximate surface area is 145 Å². The summed E-state index contributed by atoms with van der Waals surface area (Å²) in [5.74, 6) is 0.689. The standard InChI is InChI=1S/C17H18N2O5S/c1-2-17(20)19-10-16(12-4-3-7-18-9-12)25(21,22)13-5-6-14-15(8-13)24-11-23-14/h3-9,16H,2,10-11H2,1H3,(H,19,20)/t16-/m1/s1. The highest BCUT2D eigenvalue weighted by Crippen LogP contribution is 2.37. The molecule has 0 fully saturated rings. The summed E-state index contributed by atoms with van der Waals surface area (Å²) in [6.07, 6.45) is 3.34. The van der Waals surface area contributed by atoms with Crippen LogP contribution in [0.5, 0.6) is 11.5 Å². The van der Waals surface area contributed by atoms with E-state index in [2.05, 4.69) is 10.3 Å². The quantitative estimate of drug-likeness (QED) is 0.843. The Morgan fingerprint density at radius 3 is 2.80 bits per heavy atom. The summed E-state index contributed by atoms with van der Waals surface area (Å²) in [6.45, 7) is 1.74. The molecule has 0 saturated carbocycles. The lowest BCUT2D eigenvalue weighted by Crippen LogP contribution is -2.31. The molecule has 0 aliphatic carbocycles. The van der Waals surface area contributed by atoms with Gasteiger partial charge in [-0.15, -0.1) is 0 Å². The van der Waals surface area contributed by atoms with Gasteiger partial charge in [-0.2, -0.15) is 0 Å². The fourth-order valence-electron chi connectivity index (χ4n) is 2.52. The fourth-order valence-corrected chi connectivity index (χ4v) is 4.18. The number of carbonyl (C=O) groups excluding carboxylic acids is 1. The van der Waals surface area contributed by atoms with Crippen molar-refractivity contribution < 1.29 is 22.7 Å². The zero-order valence-corrected chi connectivity index (χ0v) is 14.5. The molecular weight excluding hydrogens is 344 g/mol. The molecule has 2 aromatic rings. The lowest BCUT2D eigenvalue weighted by Gasteiger charge is -2.18. The van der Waals surface area contributed by atoms with Gasteiger partial charge in [-0.3, -0.25) is 9.78 Å². The third-order valence-electron chi connectivity index (χ3n) is 3.91. The molecule has 0 spiro atoms. The number of aromatic nitrogens is 1. The van der Waals surface area contributed by atoms with E-state index in [1.165, 1.54) is 18.3 Å². The second kappa shape index (κ2) is 7.10. The molecule has 0 saturated heterocycles. The highest BCUT2D eigenvalue weighted by molar-refractivity contribution is 7.91. The molecular formula is C17H18N2O5S. The van der Waals surface area contributed by atoms with Gasteiger partial charge in [0.05, 0.1) is 4.90 Å². The summed E-state index contributed by atoms with van der Waals surface area (Å²) in [5, 5.41) is 1.71. The first-order valence-corrected chi connectivity index (χ1v) is 9.37. The fraction of sp³-hybridized carbons (Fsp3) is 0.294. The van der Waals surface area contributed by atoms with Crippen LogP contribution in [-0.4, -0.2) is 32.6 Å². The summed E-state index contributed by atoms with van der Waals surface area (Å²) in [7, 11) is -3.77. The number of ether oxygens (including phenoxy) is 2. The number of nitrogens with zero attached hydrogens (tertiary/aromatic N) is 1. The van der Waals surface area contributed by atoms with E-state index in [1.807, 2.05) is 0 Å². The summed E-state index contributed by atoms with van der Waals surface area (Å²) in [6, 6.07) is 7.84. The molecule has 1 aromatic carbocycles. The lowest BCUT2D eigenvalue weighted by atomic mass is 10.2. The Morgan fingerprint density at radius 1 is 1.28 bits per heavy atom. The van der Waals surface area contributed by atoms with Gasteiger partial charge in [-0.05, 0) is 23.8 Å². The van der Waals surface area contributed by atoms with Gasteiger partial charge in [0.15, 0.2) is 21.3 Å². The minimum Gasteiger partial charge on any atom is -0.454 e. The number of benzene rings is 1. The molecule has 0 radical (unpaired) electrons. The minimum atomic E-state index is -3.77. The molecule has 0 unspecified atom stereocenters. The van der Waals surface area contributed by atoms with Crippen LogP contribution >= 0.6 is 0 Å². The maximum atomic E-state index is 13.2. The van der Waals surface area contributed by atoms with Crippen molar-refractivity contribution in [3.8, 4) is 11.5 Å². The van der Waals surface area contributed by atoms with E-state index in [4.69, 9.17) is 9.47 Å². The van der Waals surface area contributed by atoms with E-state index in [9.17, 15) is 13.2 Å². The van der Waals surface area contributed by atoms with Crippen molar-refractivity contribution in [3.05, 3.63) is 48.3 Å². The topological polar surface area (TPSA) is 94.6 Å². The third-order valence-corrected chi connectivity index (χ3v) is 6.01. The predicted molar refractivity (Wildman–Crippen MR) is 90.0 cm³/mol. The van der Waals surface area contributed by atoms with Crippen LogP contribution in [0, 0.1) is 0 Å². The average Bonchev–Trinajstić information content (AvgIpc) is 3.10. The van der Waals surface area contributed by atoms with Crippen molar-refractivity contribution in [1.29, 1.82) is 0 Å². The van der Waals surface area contributed by atoms with E-state index in [-0.39, 0.29) is 30.6 Å². The van der Waals surface area contributed by atoms with Crippen molar-refractivity contribution in [2.24, 2.45) is 0 Å². The molecule has 1 aromatic heterocycles. The van der Waals surface area contributed by atoms with Gasteiger partial charge in [0, 0.05) is 31.4 Å². The van der Waals surface area contributed by atoms with Gasteiger partial charge >= 0.3 is 0 Å². The van der Waals surface area contributed by atoms with E-state index in [1.54, 1.807) is 31.3 Å². The number of amides is 1. The molecule has 1 amide bonds. The molecule has 1 atom stereocenters. The normalized spacial score (nSPS) is 14.1. The number of pyridine rings is 1. The van der Waals surface area contributed by atoms with Crippen molar-refractivity contribution in [3.63, 3.8) is 0 Å². The second-order valence-electron chi connectivity index (χ2n) is 5.49. The van der Waals surface area contributed by atoms with Gasteiger partial charge in [-0.25, -0.2) is 8.42 Å². The van der Waals surface area contributed by atoms with Crippen LogP contribution < -0.4 is 14.8 Å². The van der Waals surface area contributed by atoms with E-state index >= 15 is 0 Å². The third kappa shape index (κ3) is 3.58. The van der Waals surface area contributed by atoms with Crippen LogP contribution in [0.1, 0.15) is 24.2 Å². The van der Waals surface area contributed by atoms with Gasteiger partial charge in [0.25, 0.3) is 0 Å². The second-order valence-corrected chi connectivity index (χ2v) is 7.62. The van der Waals surface area contributed by atoms with Crippen LogP contribution in [0.2, 0.25) is 0 Å². The van der Waals surface area contributed by atoms with E-state index in [0.29, 0.717) is 17.1 Å². The molecule has 0 bridgehead atoms. The SMILES string of the molecule is CCC(=O)NC[C@H](c1cccnc1)S(=O)(=O)c1ccc2c(c1)OCO2. The molecule has 1 N–H and O–H groups in total. The molecule has 25 heavy (non-hydrogen) atoms. The number of sulfone groups is 1. The van der Waals surface area contributed by atoms with Crippen molar-refractivity contribution in [1.82, 2.24) is 10.3 Å². The van der Waals surface area contributed by atoms with Gasteiger partial charge in [0.2, 0.25) is 12.7 Å². The lowest BCUT2D eigenvalue weighted by molar-refractivity contribution is -0.120. The highest BCUT2D eigenvalue weighted by atomic mass is 32.2. The van der Waals surface area contributed by atoms with Gasteiger partial charge in [0.1, 0.15) is 5.25 Å². The van der Waals surface area contributed by atoms with Crippen LogP contribution in [0.15, 0.2) is 47.6 Å². The van der Waals surface area contributed by atoms with Crippen LogP contribution in [0.3, 0.4) is 0 Å². The smallest absolute Gasteiger partial charge is 0.231 e. The molecule has 2 heterocycles. The summed E-state index contributed by atoms with van der Waals surface area (Å²) < 4.78 is 36.8. The Bertz CT molecular complexity index is 868. The molecule has 8 heteroatoms. The number of nitrogens with one attached hydrogen (secondary N) is 1.